The summed E-state index contributed by atoms with van der Waals surface area (Å²) >= 11 is 0. The van der Waals surface area contributed by atoms with Crippen molar-refractivity contribution < 1.29 is 19.1 Å². The highest BCUT2D eigenvalue weighted by Gasteiger charge is 2.17. The van der Waals surface area contributed by atoms with Gasteiger partial charge in [-0.2, -0.15) is 0 Å². The van der Waals surface area contributed by atoms with E-state index in [1.54, 1.807) is 6.07 Å². The molecule has 6 heteroatoms. The van der Waals surface area contributed by atoms with Crippen LogP contribution in [0.15, 0.2) is 78.9 Å². The van der Waals surface area contributed by atoms with Gasteiger partial charge >= 0.3 is 0 Å². The number of para-hydroxylation sites is 1. The van der Waals surface area contributed by atoms with Crippen LogP contribution in [0.5, 0.6) is 11.5 Å². The Labute approximate surface area is 194 Å². The number of rotatable bonds is 9. The number of benzene rings is 3. The van der Waals surface area contributed by atoms with Crippen molar-refractivity contribution in [3.8, 4) is 22.6 Å². The quantitative estimate of drug-likeness (QED) is 0.469. The molecule has 33 heavy (non-hydrogen) atoms. The Morgan fingerprint density at radius 1 is 0.758 bits per heavy atom. The SMILES string of the molecule is CCC(C)(C)c1ccc(OCC(=O)NNC(=O)COc2ccccc2-c2ccccc2)cc1. The van der Waals surface area contributed by atoms with E-state index in [4.69, 9.17) is 9.47 Å². The molecule has 3 rings (SSSR count). The lowest BCUT2D eigenvalue weighted by atomic mass is 9.82. The van der Waals surface area contributed by atoms with E-state index in [0.717, 1.165) is 17.5 Å². The monoisotopic (exact) mass is 446 g/mol. The van der Waals surface area contributed by atoms with Gasteiger partial charge in [-0.05, 0) is 41.2 Å². The predicted octanol–water partition coefficient (Wildman–Crippen LogP) is 4.65. The first kappa shape index (κ1) is 23.9. The second-order valence-electron chi connectivity index (χ2n) is 8.30. The molecule has 0 saturated heterocycles. The van der Waals surface area contributed by atoms with Crippen molar-refractivity contribution >= 4 is 11.8 Å². The minimum Gasteiger partial charge on any atom is -0.484 e. The lowest BCUT2D eigenvalue weighted by Gasteiger charge is -2.23. The van der Waals surface area contributed by atoms with Gasteiger partial charge in [-0.1, -0.05) is 81.4 Å². The second-order valence-corrected chi connectivity index (χ2v) is 8.30. The molecule has 0 fully saturated rings. The Kier molecular flexibility index (Phi) is 8.08. The van der Waals surface area contributed by atoms with Crippen LogP contribution in [0.25, 0.3) is 11.1 Å². The summed E-state index contributed by atoms with van der Waals surface area (Å²) in [5.74, 6) is 0.236. The van der Waals surface area contributed by atoms with Crippen LogP contribution in [-0.4, -0.2) is 25.0 Å². The average molecular weight is 447 g/mol. The van der Waals surface area contributed by atoms with E-state index in [2.05, 4.69) is 31.6 Å². The summed E-state index contributed by atoms with van der Waals surface area (Å²) in [6, 6.07) is 24.9. The molecule has 0 saturated carbocycles. The number of hydrazine groups is 1. The van der Waals surface area contributed by atoms with Crippen molar-refractivity contribution in [3.05, 3.63) is 84.4 Å². The summed E-state index contributed by atoms with van der Waals surface area (Å²) in [4.78, 5) is 24.1. The Hall–Kier alpha value is -3.80. The Balaban J connectivity index is 1.43. The average Bonchev–Trinajstić information content (AvgIpc) is 2.86. The van der Waals surface area contributed by atoms with Crippen LogP contribution in [0.2, 0.25) is 0 Å². The van der Waals surface area contributed by atoms with Crippen LogP contribution in [0.1, 0.15) is 32.8 Å². The minimum atomic E-state index is -0.475. The third kappa shape index (κ3) is 6.84. The van der Waals surface area contributed by atoms with E-state index in [-0.39, 0.29) is 18.6 Å². The maximum Gasteiger partial charge on any atom is 0.276 e. The normalized spacial score (nSPS) is 10.9. The van der Waals surface area contributed by atoms with Crippen molar-refractivity contribution in [1.82, 2.24) is 10.9 Å². The van der Waals surface area contributed by atoms with Gasteiger partial charge in [0.15, 0.2) is 13.2 Å². The standard InChI is InChI=1S/C27H30N2O4/c1-4-27(2,3)21-14-16-22(17-15-21)32-18-25(30)28-29-26(31)19-33-24-13-9-8-12-23(24)20-10-6-5-7-11-20/h5-17H,4,18-19H2,1-3H3,(H,28,30)(H,29,31). The van der Waals surface area contributed by atoms with Gasteiger partial charge in [0.2, 0.25) is 0 Å². The summed E-state index contributed by atoms with van der Waals surface area (Å²) in [6.07, 6.45) is 1.02. The van der Waals surface area contributed by atoms with E-state index >= 15 is 0 Å². The van der Waals surface area contributed by atoms with Gasteiger partial charge < -0.3 is 9.47 Å². The summed E-state index contributed by atoms with van der Waals surface area (Å²) < 4.78 is 11.2. The number of hydrogen-bond donors (Lipinski definition) is 2. The van der Waals surface area contributed by atoms with Crippen LogP contribution in [0.3, 0.4) is 0 Å². The summed E-state index contributed by atoms with van der Waals surface area (Å²) in [6.45, 7) is 6.07. The fourth-order valence-corrected chi connectivity index (χ4v) is 3.16. The molecule has 3 aromatic carbocycles. The van der Waals surface area contributed by atoms with Crippen LogP contribution in [-0.2, 0) is 15.0 Å². The van der Waals surface area contributed by atoms with Gasteiger partial charge in [-0.15, -0.1) is 0 Å². The van der Waals surface area contributed by atoms with Gasteiger partial charge in [0, 0.05) is 5.56 Å². The molecule has 0 aliphatic carbocycles. The van der Waals surface area contributed by atoms with E-state index in [1.165, 1.54) is 5.56 Å². The van der Waals surface area contributed by atoms with Gasteiger partial charge in [0.25, 0.3) is 11.8 Å². The molecule has 0 unspecified atom stereocenters. The number of hydrogen-bond acceptors (Lipinski definition) is 4. The zero-order valence-electron chi connectivity index (χ0n) is 19.3. The highest BCUT2D eigenvalue weighted by Crippen LogP contribution is 2.29. The van der Waals surface area contributed by atoms with Gasteiger partial charge in [-0.3, -0.25) is 20.4 Å². The first-order valence-corrected chi connectivity index (χ1v) is 11.0. The number of amides is 2. The van der Waals surface area contributed by atoms with Gasteiger partial charge in [-0.25, -0.2) is 0 Å². The highest BCUT2D eigenvalue weighted by molar-refractivity contribution is 5.83. The van der Waals surface area contributed by atoms with Crippen LogP contribution < -0.4 is 20.3 Å². The molecule has 3 aromatic rings. The number of ether oxygens (including phenoxy) is 2. The molecule has 0 atom stereocenters. The fraction of sp³-hybridized carbons (Fsp3) is 0.259. The van der Waals surface area contributed by atoms with Crippen molar-refractivity contribution in [2.24, 2.45) is 0 Å². The summed E-state index contributed by atoms with van der Waals surface area (Å²) in [5, 5.41) is 0. The Morgan fingerprint density at radius 2 is 1.33 bits per heavy atom. The summed E-state index contributed by atoms with van der Waals surface area (Å²) in [5.41, 5.74) is 7.85. The smallest absolute Gasteiger partial charge is 0.276 e. The molecule has 0 aliphatic rings. The lowest BCUT2D eigenvalue weighted by molar-refractivity contribution is -0.131. The van der Waals surface area contributed by atoms with Gasteiger partial charge in [0.05, 0.1) is 0 Å². The molecule has 0 radical (unpaired) electrons. The first-order chi connectivity index (χ1) is 15.9. The van der Waals surface area contributed by atoms with E-state index in [0.29, 0.717) is 11.5 Å². The van der Waals surface area contributed by atoms with E-state index in [9.17, 15) is 9.59 Å². The molecule has 0 heterocycles. The number of nitrogens with one attached hydrogen (secondary N) is 2. The maximum absolute atomic E-state index is 12.1. The van der Waals surface area contributed by atoms with Gasteiger partial charge in [0.1, 0.15) is 11.5 Å². The van der Waals surface area contributed by atoms with Crippen molar-refractivity contribution in [2.75, 3.05) is 13.2 Å². The van der Waals surface area contributed by atoms with Crippen LogP contribution >= 0.6 is 0 Å². The molecule has 2 amide bonds. The molecule has 0 spiro atoms. The Morgan fingerprint density at radius 3 is 1.97 bits per heavy atom. The number of carbonyl (C=O) groups is 2. The molecule has 0 aromatic heterocycles. The molecule has 6 nitrogen and oxygen atoms in total. The molecule has 0 aliphatic heterocycles. The highest BCUT2D eigenvalue weighted by atomic mass is 16.5. The lowest BCUT2D eigenvalue weighted by Crippen LogP contribution is -2.45. The molecular formula is C27H30N2O4. The van der Waals surface area contributed by atoms with E-state index < -0.39 is 11.8 Å². The minimum absolute atomic E-state index is 0.0872. The fourth-order valence-electron chi connectivity index (χ4n) is 3.16. The zero-order chi connectivity index (χ0) is 23.7. The molecule has 2 N–H and O–H groups in total. The van der Waals surface area contributed by atoms with Crippen molar-refractivity contribution in [3.63, 3.8) is 0 Å². The first-order valence-electron chi connectivity index (χ1n) is 11.0. The predicted molar refractivity (Wildman–Crippen MR) is 129 cm³/mol. The van der Waals surface area contributed by atoms with Crippen molar-refractivity contribution in [1.29, 1.82) is 0 Å². The molecule has 0 bridgehead atoms. The van der Waals surface area contributed by atoms with Crippen molar-refractivity contribution in [2.45, 2.75) is 32.6 Å². The van der Waals surface area contributed by atoms with E-state index in [1.807, 2.05) is 72.8 Å². The summed E-state index contributed by atoms with van der Waals surface area (Å²) in [7, 11) is 0. The van der Waals surface area contributed by atoms with Crippen LogP contribution in [0.4, 0.5) is 0 Å². The second kappa shape index (κ2) is 11.2. The number of carbonyl (C=O) groups excluding carboxylic acids is 2. The zero-order valence-corrected chi connectivity index (χ0v) is 19.3. The molecular weight excluding hydrogens is 416 g/mol. The third-order valence-electron chi connectivity index (χ3n) is 5.56. The Bertz CT molecular complexity index is 1060. The maximum atomic E-state index is 12.1. The topological polar surface area (TPSA) is 76.7 Å². The largest absolute Gasteiger partial charge is 0.484 e. The third-order valence-corrected chi connectivity index (χ3v) is 5.56. The molecule has 172 valence electrons. The van der Waals surface area contributed by atoms with Crippen LogP contribution in [0, 0.1) is 0 Å².